The van der Waals surface area contributed by atoms with Crippen molar-refractivity contribution in [3.63, 3.8) is 0 Å². The van der Waals surface area contributed by atoms with Crippen molar-refractivity contribution in [2.75, 3.05) is 20.2 Å². The van der Waals surface area contributed by atoms with Gasteiger partial charge in [0.1, 0.15) is 5.75 Å². The molecule has 1 heterocycles. The van der Waals surface area contributed by atoms with E-state index >= 15 is 0 Å². The molecule has 1 aliphatic heterocycles. The van der Waals surface area contributed by atoms with Gasteiger partial charge in [-0.15, -0.1) is 0 Å². The van der Waals surface area contributed by atoms with E-state index in [-0.39, 0.29) is 5.91 Å². The largest absolute Gasteiger partial charge is 0.496 e. The molecule has 1 aromatic rings. The summed E-state index contributed by atoms with van der Waals surface area (Å²) in [5.74, 6) is 0.491. The maximum absolute atomic E-state index is 12.1. The number of nitrogens with zero attached hydrogens (tertiary/aromatic N) is 1. The third-order valence-electron chi connectivity index (χ3n) is 3.25. The fraction of sp³-hybridized carbons (Fsp3) is 0.462. The van der Waals surface area contributed by atoms with E-state index in [1.165, 1.54) is 0 Å². The molecule has 0 aliphatic carbocycles. The average Bonchev–Trinajstić information content (AvgIpc) is 2.34. The molecular formula is C13H17NO3. The van der Waals surface area contributed by atoms with Crippen molar-refractivity contribution in [1.29, 1.82) is 0 Å². The lowest BCUT2D eigenvalue weighted by atomic mass is 9.90. The van der Waals surface area contributed by atoms with Gasteiger partial charge in [0.05, 0.1) is 31.4 Å². The van der Waals surface area contributed by atoms with Crippen LogP contribution in [0.1, 0.15) is 23.7 Å². The van der Waals surface area contributed by atoms with Crippen molar-refractivity contribution in [2.24, 2.45) is 0 Å². The molecule has 1 fully saturated rings. The predicted octanol–water partition coefficient (Wildman–Crippen LogP) is 1.29. The summed E-state index contributed by atoms with van der Waals surface area (Å²) in [6, 6.07) is 7.14. The van der Waals surface area contributed by atoms with E-state index in [0.29, 0.717) is 30.8 Å². The van der Waals surface area contributed by atoms with Crippen molar-refractivity contribution < 1.29 is 14.6 Å². The lowest BCUT2D eigenvalue weighted by molar-refractivity contribution is -0.0827. The van der Waals surface area contributed by atoms with Crippen molar-refractivity contribution in [3.8, 4) is 5.75 Å². The quantitative estimate of drug-likeness (QED) is 0.859. The number of hydrogen-bond acceptors (Lipinski definition) is 3. The maximum atomic E-state index is 12.1. The molecule has 0 spiro atoms. The second-order valence-corrected chi connectivity index (χ2v) is 4.44. The zero-order valence-corrected chi connectivity index (χ0v) is 10.1. The third kappa shape index (κ3) is 2.13. The van der Waals surface area contributed by atoms with Crippen LogP contribution in [0.5, 0.6) is 5.75 Å². The number of likely N-dealkylation sites (tertiary alicyclic amines) is 1. The number of β-amino-alcohol motifs (C(OH)–C–C–N with tert-alkyl or cyclic N) is 1. The van der Waals surface area contributed by atoms with Crippen molar-refractivity contribution >= 4 is 5.91 Å². The van der Waals surface area contributed by atoms with Gasteiger partial charge in [0.25, 0.3) is 5.91 Å². The Balaban J connectivity index is 2.12. The molecule has 4 nitrogen and oxygen atoms in total. The fourth-order valence-electron chi connectivity index (χ4n) is 2.02. The van der Waals surface area contributed by atoms with E-state index in [0.717, 1.165) is 0 Å². The van der Waals surface area contributed by atoms with Crippen LogP contribution in [0.4, 0.5) is 0 Å². The molecule has 1 aliphatic rings. The minimum absolute atomic E-state index is 0.0828. The summed E-state index contributed by atoms with van der Waals surface area (Å²) >= 11 is 0. The van der Waals surface area contributed by atoms with Crippen LogP contribution in [0, 0.1) is 0 Å². The number of methoxy groups -OCH3 is 1. The number of hydrogen-bond donors (Lipinski definition) is 1. The van der Waals surface area contributed by atoms with Gasteiger partial charge >= 0.3 is 0 Å². The SMILES string of the molecule is CCC1(O)CN(C(=O)c2ccccc2OC)C1. The third-order valence-corrected chi connectivity index (χ3v) is 3.25. The van der Waals surface area contributed by atoms with Crippen LogP contribution in [0.3, 0.4) is 0 Å². The summed E-state index contributed by atoms with van der Waals surface area (Å²) in [7, 11) is 1.55. The number of rotatable bonds is 3. The van der Waals surface area contributed by atoms with Crippen LogP contribution in [0.25, 0.3) is 0 Å². The Labute approximate surface area is 101 Å². The highest BCUT2D eigenvalue weighted by Crippen LogP contribution is 2.28. The Morgan fingerprint density at radius 1 is 1.47 bits per heavy atom. The molecular weight excluding hydrogens is 218 g/mol. The monoisotopic (exact) mass is 235 g/mol. The molecule has 1 saturated heterocycles. The van der Waals surface area contributed by atoms with Crippen LogP contribution < -0.4 is 4.74 Å². The summed E-state index contributed by atoms with van der Waals surface area (Å²) < 4.78 is 5.15. The maximum Gasteiger partial charge on any atom is 0.257 e. The van der Waals surface area contributed by atoms with Gasteiger partial charge < -0.3 is 14.7 Å². The lowest BCUT2D eigenvalue weighted by Crippen LogP contribution is -2.63. The highest BCUT2D eigenvalue weighted by molar-refractivity contribution is 5.97. The van der Waals surface area contributed by atoms with E-state index in [9.17, 15) is 9.90 Å². The summed E-state index contributed by atoms with van der Waals surface area (Å²) in [5.41, 5.74) is -0.148. The number of amides is 1. The van der Waals surface area contributed by atoms with Crippen LogP contribution in [0.15, 0.2) is 24.3 Å². The summed E-state index contributed by atoms with van der Waals surface area (Å²) in [6.07, 6.45) is 0.669. The minimum Gasteiger partial charge on any atom is -0.496 e. The molecule has 1 amide bonds. The second-order valence-electron chi connectivity index (χ2n) is 4.44. The van der Waals surface area contributed by atoms with Gasteiger partial charge in [-0.05, 0) is 18.6 Å². The van der Waals surface area contributed by atoms with Crippen LogP contribution >= 0.6 is 0 Å². The summed E-state index contributed by atoms with van der Waals surface area (Å²) in [4.78, 5) is 13.8. The number of carbonyl (C=O) groups excluding carboxylic acids is 1. The standard InChI is InChI=1S/C13H17NO3/c1-3-13(16)8-14(9-13)12(15)10-6-4-5-7-11(10)17-2/h4-7,16H,3,8-9H2,1-2H3. The molecule has 0 atom stereocenters. The zero-order valence-electron chi connectivity index (χ0n) is 10.1. The van der Waals surface area contributed by atoms with E-state index in [2.05, 4.69) is 0 Å². The smallest absolute Gasteiger partial charge is 0.257 e. The predicted molar refractivity (Wildman–Crippen MR) is 64.1 cm³/mol. The highest BCUT2D eigenvalue weighted by Gasteiger charge is 2.42. The van der Waals surface area contributed by atoms with E-state index in [1.54, 1.807) is 24.1 Å². The molecule has 17 heavy (non-hydrogen) atoms. The van der Waals surface area contributed by atoms with Gasteiger partial charge in [-0.1, -0.05) is 19.1 Å². The molecule has 92 valence electrons. The molecule has 4 heteroatoms. The molecule has 0 bridgehead atoms. The van der Waals surface area contributed by atoms with Crippen LogP contribution in [-0.4, -0.2) is 41.7 Å². The molecule has 1 aromatic carbocycles. The van der Waals surface area contributed by atoms with Gasteiger partial charge in [0.15, 0.2) is 0 Å². The summed E-state index contributed by atoms with van der Waals surface area (Å²) in [5, 5.41) is 9.89. The number of carbonyl (C=O) groups is 1. The van der Waals surface area contributed by atoms with Gasteiger partial charge in [-0.2, -0.15) is 0 Å². The Kier molecular flexibility index (Phi) is 3.07. The van der Waals surface area contributed by atoms with Gasteiger partial charge in [-0.25, -0.2) is 0 Å². The topological polar surface area (TPSA) is 49.8 Å². The van der Waals surface area contributed by atoms with Crippen LogP contribution in [0.2, 0.25) is 0 Å². The first-order valence-electron chi connectivity index (χ1n) is 5.74. The van der Waals surface area contributed by atoms with Crippen molar-refractivity contribution in [3.05, 3.63) is 29.8 Å². The minimum atomic E-state index is -0.697. The van der Waals surface area contributed by atoms with Gasteiger partial charge in [0, 0.05) is 0 Å². The first-order valence-corrected chi connectivity index (χ1v) is 5.74. The first kappa shape index (κ1) is 11.9. The normalized spacial score (nSPS) is 17.5. The lowest BCUT2D eigenvalue weighted by Gasteiger charge is -2.46. The highest BCUT2D eigenvalue weighted by atomic mass is 16.5. The summed E-state index contributed by atoms with van der Waals surface area (Å²) in [6.45, 7) is 2.73. The van der Waals surface area contributed by atoms with Gasteiger partial charge in [-0.3, -0.25) is 4.79 Å². The van der Waals surface area contributed by atoms with E-state index < -0.39 is 5.60 Å². The number of benzene rings is 1. The van der Waals surface area contributed by atoms with Crippen LogP contribution in [-0.2, 0) is 0 Å². The first-order chi connectivity index (χ1) is 8.09. The van der Waals surface area contributed by atoms with Crippen molar-refractivity contribution in [1.82, 2.24) is 4.90 Å². The Hall–Kier alpha value is -1.55. The molecule has 0 saturated carbocycles. The zero-order chi connectivity index (χ0) is 12.5. The average molecular weight is 235 g/mol. The molecule has 0 radical (unpaired) electrons. The Morgan fingerprint density at radius 3 is 2.71 bits per heavy atom. The van der Waals surface area contributed by atoms with E-state index in [4.69, 9.17) is 4.74 Å². The second kappa shape index (κ2) is 4.37. The Bertz CT molecular complexity index is 424. The Morgan fingerprint density at radius 2 is 2.12 bits per heavy atom. The number of para-hydroxylation sites is 1. The molecule has 0 unspecified atom stereocenters. The fourth-order valence-corrected chi connectivity index (χ4v) is 2.02. The number of ether oxygens (including phenoxy) is 1. The molecule has 1 N–H and O–H groups in total. The van der Waals surface area contributed by atoms with Gasteiger partial charge in [0.2, 0.25) is 0 Å². The van der Waals surface area contributed by atoms with E-state index in [1.807, 2.05) is 19.1 Å². The number of aliphatic hydroxyl groups is 1. The molecule has 2 rings (SSSR count). The molecule has 0 aromatic heterocycles. The van der Waals surface area contributed by atoms with Crippen molar-refractivity contribution in [2.45, 2.75) is 18.9 Å².